The van der Waals surface area contributed by atoms with Crippen LogP contribution in [0.25, 0.3) is 11.2 Å². The van der Waals surface area contributed by atoms with Gasteiger partial charge in [0.25, 0.3) is 6.08 Å². The van der Waals surface area contributed by atoms with Gasteiger partial charge in [-0.25, -0.2) is 9.97 Å². The molecule has 1 aliphatic rings. The van der Waals surface area contributed by atoms with E-state index < -0.39 is 6.08 Å². The van der Waals surface area contributed by atoms with Crippen LogP contribution in [0.5, 0.6) is 0 Å². The quantitative estimate of drug-likeness (QED) is 0.696. The maximum Gasteiger partial charge on any atom is 0.291 e. The minimum atomic E-state index is -0.542. The van der Waals surface area contributed by atoms with Crippen LogP contribution < -0.4 is 4.90 Å². The van der Waals surface area contributed by atoms with Gasteiger partial charge in [-0.05, 0) is 6.92 Å². The first kappa shape index (κ1) is 11.3. The van der Waals surface area contributed by atoms with Crippen molar-refractivity contribution in [2.24, 2.45) is 7.05 Å². The zero-order valence-corrected chi connectivity index (χ0v) is 10.4. The van der Waals surface area contributed by atoms with Gasteiger partial charge in [-0.3, -0.25) is 4.57 Å². The molecule has 0 saturated carbocycles. The monoisotopic (exact) mass is 251 g/mol. The van der Waals surface area contributed by atoms with E-state index in [4.69, 9.17) is 4.74 Å². The number of hydrogen-bond acceptors (Lipinski definition) is 5. The highest BCUT2D eigenvalue weighted by Gasteiger charge is 2.20. The lowest BCUT2D eigenvalue weighted by Crippen LogP contribution is -2.37. The standard InChI is InChI=1S/C11H14FN5O/c1-7-13-9-8(15-11(12)16(9)2)10(14-7)17-3-5-18-6-4-17/h3-6H2,1-2H3. The first-order valence-electron chi connectivity index (χ1n) is 5.86. The van der Waals surface area contributed by atoms with E-state index in [0.717, 1.165) is 13.1 Å². The van der Waals surface area contributed by atoms with Gasteiger partial charge in [-0.1, -0.05) is 0 Å². The third-order valence-corrected chi connectivity index (χ3v) is 3.07. The average Bonchev–Trinajstić information content (AvgIpc) is 2.66. The lowest BCUT2D eigenvalue weighted by atomic mass is 10.3. The third-order valence-electron chi connectivity index (χ3n) is 3.07. The summed E-state index contributed by atoms with van der Waals surface area (Å²) >= 11 is 0. The van der Waals surface area contributed by atoms with Crippen molar-refractivity contribution in [2.45, 2.75) is 6.92 Å². The molecular weight excluding hydrogens is 237 g/mol. The summed E-state index contributed by atoms with van der Waals surface area (Å²) < 4.78 is 20.2. The maximum atomic E-state index is 13.6. The van der Waals surface area contributed by atoms with Crippen molar-refractivity contribution in [3.05, 3.63) is 11.9 Å². The molecule has 6 nitrogen and oxygen atoms in total. The lowest BCUT2D eigenvalue weighted by Gasteiger charge is -2.27. The highest BCUT2D eigenvalue weighted by molar-refractivity contribution is 5.83. The van der Waals surface area contributed by atoms with Crippen LogP contribution in [0, 0.1) is 13.0 Å². The van der Waals surface area contributed by atoms with Crippen molar-refractivity contribution < 1.29 is 9.13 Å². The highest BCUT2D eigenvalue weighted by atomic mass is 19.1. The van der Waals surface area contributed by atoms with Crippen molar-refractivity contribution in [3.63, 3.8) is 0 Å². The van der Waals surface area contributed by atoms with Crippen molar-refractivity contribution >= 4 is 17.0 Å². The number of hydrogen-bond donors (Lipinski definition) is 0. The van der Waals surface area contributed by atoms with Gasteiger partial charge in [0.1, 0.15) is 5.82 Å². The van der Waals surface area contributed by atoms with Crippen molar-refractivity contribution in [2.75, 3.05) is 31.2 Å². The Bertz CT molecular complexity index is 591. The Kier molecular flexibility index (Phi) is 2.62. The molecule has 0 atom stereocenters. The molecule has 2 aromatic heterocycles. The summed E-state index contributed by atoms with van der Waals surface area (Å²) in [5.74, 6) is 1.31. The van der Waals surface area contributed by atoms with Gasteiger partial charge < -0.3 is 9.64 Å². The Morgan fingerprint density at radius 3 is 2.61 bits per heavy atom. The number of aryl methyl sites for hydroxylation is 2. The van der Waals surface area contributed by atoms with Crippen molar-refractivity contribution in [1.29, 1.82) is 0 Å². The summed E-state index contributed by atoms with van der Waals surface area (Å²) in [5, 5.41) is 0. The molecule has 1 saturated heterocycles. The predicted molar refractivity (Wildman–Crippen MR) is 64.0 cm³/mol. The second-order valence-electron chi connectivity index (χ2n) is 4.31. The van der Waals surface area contributed by atoms with Crippen LogP contribution in [0.2, 0.25) is 0 Å². The highest BCUT2D eigenvalue weighted by Crippen LogP contribution is 2.23. The number of imidazole rings is 1. The first-order valence-corrected chi connectivity index (χ1v) is 5.86. The second kappa shape index (κ2) is 4.16. The smallest absolute Gasteiger partial charge is 0.291 e. The molecule has 18 heavy (non-hydrogen) atoms. The number of halogens is 1. The van der Waals surface area contributed by atoms with E-state index in [0.29, 0.717) is 36.0 Å². The second-order valence-corrected chi connectivity index (χ2v) is 4.31. The minimum Gasteiger partial charge on any atom is -0.378 e. The molecule has 2 aromatic rings. The van der Waals surface area contributed by atoms with Gasteiger partial charge in [-0.15, -0.1) is 0 Å². The van der Waals surface area contributed by atoms with E-state index >= 15 is 0 Å². The molecule has 0 unspecified atom stereocenters. The fourth-order valence-corrected chi connectivity index (χ4v) is 2.12. The molecule has 3 heterocycles. The molecule has 0 N–H and O–H groups in total. The van der Waals surface area contributed by atoms with Crippen LogP contribution in [0.1, 0.15) is 5.82 Å². The summed E-state index contributed by atoms with van der Waals surface area (Å²) in [7, 11) is 1.61. The van der Waals surface area contributed by atoms with Gasteiger partial charge in [0.15, 0.2) is 17.0 Å². The van der Waals surface area contributed by atoms with Gasteiger partial charge in [-0.2, -0.15) is 9.37 Å². The molecule has 0 spiro atoms. The third kappa shape index (κ3) is 1.71. The zero-order valence-electron chi connectivity index (χ0n) is 10.4. The number of fused-ring (bicyclic) bond motifs is 1. The molecule has 1 fully saturated rings. The van der Waals surface area contributed by atoms with Gasteiger partial charge in [0.2, 0.25) is 0 Å². The van der Waals surface area contributed by atoms with Gasteiger partial charge >= 0.3 is 0 Å². The van der Waals surface area contributed by atoms with Crippen LogP contribution >= 0.6 is 0 Å². The van der Waals surface area contributed by atoms with E-state index in [2.05, 4.69) is 19.9 Å². The molecule has 96 valence electrons. The number of ether oxygens (including phenoxy) is 1. The molecule has 0 bridgehead atoms. The molecule has 0 aliphatic carbocycles. The van der Waals surface area contributed by atoms with Crippen molar-refractivity contribution in [1.82, 2.24) is 19.5 Å². The van der Waals surface area contributed by atoms with Crippen LogP contribution in [0.15, 0.2) is 0 Å². The van der Waals surface area contributed by atoms with Gasteiger partial charge in [0, 0.05) is 20.1 Å². The number of aromatic nitrogens is 4. The Labute approximate surface area is 103 Å². The Morgan fingerprint density at radius 2 is 1.89 bits per heavy atom. The van der Waals surface area contributed by atoms with Gasteiger partial charge in [0.05, 0.1) is 13.2 Å². The fraction of sp³-hybridized carbons (Fsp3) is 0.545. The van der Waals surface area contributed by atoms with E-state index in [9.17, 15) is 4.39 Å². The van der Waals surface area contributed by atoms with E-state index in [1.165, 1.54) is 4.57 Å². The topological polar surface area (TPSA) is 56.1 Å². The van der Waals surface area contributed by atoms with E-state index in [1.807, 2.05) is 0 Å². The molecule has 0 aromatic carbocycles. The van der Waals surface area contributed by atoms with Crippen LogP contribution in [0.3, 0.4) is 0 Å². The fourth-order valence-electron chi connectivity index (χ4n) is 2.12. The van der Waals surface area contributed by atoms with Crippen molar-refractivity contribution in [3.8, 4) is 0 Å². The maximum absolute atomic E-state index is 13.6. The van der Waals surface area contributed by atoms with Crippen LogP contribution in [-0.4, -0.2) is 45.8 Å². The minimum absolute atomic E-state index is 0.516. The van der Waals surface area contributed by atoms with E-state index in [1.54, 1.807) is 14.0 Å². The lowest BCUT2D eigenvalue weighted by molar-refractivity contribution is 0.122. The number of rotatable bonds is 1. The van der Waals surface area contributed by atoms with E-state index in [-0.39, 0.29) is 0 Å². The van der Waals surface area contributed by atoms with Crippen LogP contribution in [-0.2, 0) is 11.8 Å². The summed E-state index contributed by atoms with van der Waals surface area (Å²) in [4.78, 5) is 14.6. The molecule has 0 amide bonds. The summed E-state index contributed by atoms with van der Waals surface area (Å²) in [6.07, 6.45) is -0.542. The average molecular weight is 251 g/mol. The number of anilines is 1. The SMILES string of the molecule is Cc1nc(N2CCOCC2)c2nc(F)n(C)c2n1. The molecule has 7 heteroatoms. The Balaban J connectivity index is 2.17. The Morgan fingerprint density at radius 1 is 1.17 bits per heavy atom. The normalized spacial score (nSPS) is 16.5. The zero-order chi connectivity index (χ0) is 12.7. The largest absolute Gasteiger partial charge is 0.378 e. The summed E-state index contributed by atoms with van der Waals surface area (Å²) in [6.45, 7) is 4.58. The molecular formula is C11H14FN5O. The molecule has 0 radical (unpaired) electrons. The Hall–Kier alpha value is -1.76. The summed E-state index contributed by atoms with van der Waals surface area (Å²) in [5.41, 5.74) is 1.05. The predicted octanol–water partition coefficient (Wildman–Crippen LogP) is 0.647. The summed E-state index contributed by atoms with van der Waals surface area (Å²) in [6, 6.07) is 0. The first-order chi connectivity index (χ1) is 8.66. The molecule has 1 aliphatic heterocycles. The van der Waals surface area contributed by atoms with Crippen LogP contribution in [0.4, 0.5) is 10.2 Å². The molecule has 3 rings (SSSR count). The number of nitrogens with zero attached hydrogens (tertiary/aromatic N) is 5. The number of morpholine rings is 1.